The molecular formula is C14H16F3N3O2S. The van der Waals surface area contributed by atoms with E-state index in [0.717, 1.165) is 22.9 Å². The van der Waals surface area contributed by atoms with Crippen molar-refractivity contribution in [3.8, 4) is 6.07 Å². The van der Waals surface area contributed by atoms with E-state index in [4.69, 9.17) is 11.0 Å². The number of piperidine rings is 1. The molecule has 0 radical (unpaired) electrons. The Morgan fingerprint density at radius 1 is 1.35 bits per heavy atom. The Morgan fingerprint density at radius 2 is 2.04 bits per heavy atom. The lowest BCUT2D eigenvalue weighted by atomic mass is 10.1. The fourth-order valence-corrected chi connectivity index (χ4v) is 4.41. The minimum absolute atomic E-state index is 0.113. The third-order valence-electron chi connectivity index (χ3n) is 3.87. The maximum atomic E-state index is 13.0. The van der Waals surface area contributed by atoms with E-state index in [-0.39, 0.29) is 13.1 Å². The SMILES string of the molecule is N#Cc1ccc(S(=O)(=O)N2CCCCC2CN)cc1C(F)(F)F. The molecule has 1 saturated heterocycles. The van der Waals surface area contributed by atoms with Gasteiger partial charge in [-0.05, 0) is 31.0 Å². The minimum atomic E-state index is -4.80. The van der Waals surface area contributed by atoms with Gasteiger partial charge in [0, 0.05) is 19.1 Å². The topological polar surface area (TPSA) is 87.2 Å². The van der Waals surface area contributed by atoms with Gasteiger partial charge in [0.05, 0.1) is 22.1 Å². The summed E-state index contributed by atoms with van der Waals surface area (Å²) < 4.78 is 65.5. The fraction of sp³-hybridized carbons (Fsp3) is 0.500. The van der Waals surface area contributed by atoms with E-state index in [1.807, 2.05) is 0 Å². The van der Waals surface area contributed by atoms with Crippen LogP contribution in [0.15, 0.2) is 23.1 Å². The van der Waals surface area contributed by atoms with Crippen molar-refractivity contribution in [3.05, 3.63) is 29.3 Å². The summed E-state index contributed by atoms with van der Waals surface area (Å²) in [6, 6.07) is 3.46. The van der Waals surface area contributed by atoms with Crippen LogP contribution < -0.4 is 5.73 Å². The van der Waals surface area contributed by atoms with Crippen molar-refractivity contribution in [3.63, 3.8) is 0 Å². The molecule has 9 heteroatoms. The molecule has 1 aromatic carbocycles. The predicted molar refractivity (Wildman–Crippen MR) is 76.7 cm³/mol. The van der Waals surface area contributed by atoms with Crippen LogP contribution in [-0.2, 0) is 16.2 Å². The first-order chi connectivity index (χ1) is 10.7. The largest absolute Gasteiger partial charge is 0.417 e. The number of sulfonamides is 1. The first-order valence-electron chi connectivity index (χ1n) is 7.05. The Labute approximate surface area is 132 Å². The van der Waals surface area contributed by atoms with E-state index in [1.165, 1.54) is 6.07 Å². The molecule has 126 valence electrons. The summed E-state index contributed by atoms with van der Waals surface area (Å²) in [6.45, 7) is 0.340. The molecule has 1 heterocycles. The van der Waals surface area contributed by atoms with Gasteiger partial charge in [-0.25, -0.2) is 8.42 Å². The third-order valence-corrected chi connectivity index (χ3v) is 5.82. The molecule has 1 aliphatic heterocycles. The van der Waals surface area contributed by atoms with Gasteiger partial charge in [0.1, 0.15) is 0 Å². The lowest BCUT2D eigenvalue weighted by Crippen LogP contribution is -2.47. The lowest BCUT2D eigenvalue weighted by molar-refractivity contribution is -0.137. The van der Waals surface area contributed by atoms with Gasteiger partial charge >= 0.3 is 6.18 Å². The Hall–Kier alpha value is -1.63. The smallest absolute Gasteiger partial charge is 0.329 e. The predicted octanol–water partition coefficient (Wildman–Crippen LogP) is 2.08. The highest BCUT2D eigenvalue weighted by Gasteiger charge is 2.37. The number of nitrogens with zero attached hydrogens (tertiary/aromatic N) is 2. The van der Waals surface area contributed by atoms with Crippen molar-refractivity contribution < 1.29 is 21.6 Å². The van der Waals surface area contributed by atoms with Crippen molar-refractivity contribution in [1.82, 2.24) is 4.31 Å². The van der Waals surface area contributed by atoms with Crippen molar-refractivity contribution in [2.45, 2.75) is 36.4 Å². The van der Waals surface area contributed by atoms with Gasteiger partial charge in [-0.15, -0.1) is 0 Å². The van der Waals surface area contributed by atoms with E-state index in [1.54, 1.807) is 0 Å². The van der Waals surface area contributed by atoms with Crippen LogP contribution in [-0.4, -0.2) is 31.9 Å². The number of nitrogens with two attached hydrogens (primary N) is 1. The minimum Gasteiger partial charge on any atom is -0.329 e. The zero-order chi connectivity index (χ0) is 17.3. The number of hydrogen-bond acceptors (Lipinski definition) is 4. The Kier molecular flexibility index (Phi) is 4.98. The highest BCUT2D eigenvalue weighted by molar-refractivity contribution is 7.89. The number of nitriles is 1. The highest BCUT2D eigenvalue weighted by atomic mass is 32.2. The summed E-state index contributed by atoms with van der Waals surface area (Å²) in [6.07, 6.45) is -2.75. The fourth-order valence-electron chi connectivity index (χ4n) is 2.68. The number of rotatable bonds is 3. The molecule has 0 amide bonds. The van der Waals surface area contributed by atoms with E-state index in [0.29, 0.717) is 18.9 Å². The van der Waals surface area contributed by atoms with Gasteiger partial charge in [-0.1, -0.05) is 6.42 Å². The average molecular weight is 347 g/mol. The summed E-state index contributed by atoms with van der Waals surface area (Å²) >= 11 is 0. The Bertz CT molecular complexity index is 726. The Balaban J connectivity index is 2.50. The molecule has 2 rings (SSSR count). The van der Waals surface area contributed by atoms with Crippen LogP contribution >= 0.6 is 0 Å². The van der Waals surface area contributed by atoms with Crippen molar-refractivity contribution >= 4 is 10.0 Å². The van der Waals surface area contributed by atoms with Crippen LogP contribution in [0.3, 0.4) is 0 Å². The molecule has 0 bridgehead atoms. The molecule has 5 nitrogen and oxygen atoms in total. The monoisotopic (exact) mass is 347 g/mol. The number of hydrogen-bond donors (Lipinski definition) is 1. The van der Waals surface area contributed by atoms with E-state index in [9.17, 15) is 21.6 Å². The zero-order valence-corrected chi connectivity index (χ0v) is 13.0. The quantitative estimate of drug-likeness (QED) is 0.907. The standard InChI is InChI=1S/C14H16F3N3O2S/c15-14(16,17)13-7-12(5-4-10(13)8-18)23(21,22)20-6-2-1-3-11(20)9-19/h4-5,7,11H,1-3,6,9,19H2. The van der Waals surface area contributed by atoms with Crippen molar-refractivity contribution in [2.24, 2.45) is 5.73 Å². The molecule has 23 heavy (non-hydrogen) atoms. The summed E-state index contributed by atoms with van der Waals surface area (Å²) in [5.41, 5.74) is 3.73. The van der Waals surface area contributed by atoms with Crippen LogP contribution in [0.25, 0.3) is 0 Å². The van der Waals surface area contributed by atoms with Gasteiger partial charge < -0.3 is 5.73 Å². The molecule has 0 aliphatic carbocycles. The Morgan fingerprint density at radius 3 is 2.61 bits per heavy atom. The summed E-state index contributed by atoms with van der Waals surface area (Å²) in [5.74, 6) is 0. The second-order valence-electron chi connectivity index (χ2n) is 5.32. The lowest BCUT2D eigenvalue weighted by Gasteiger charge is -2.34. The van der Waals surface area contributed by atoms with Crippen LogP contribution in [0.5, 0.6) is 0 Å². The van der Waals surface area contributed by atoms with Gasteiger partial charge in [-0.2, -0.15) is 22.7 Å². The number of halogens is 3. The molecule has 2 N–H and O–H groups in total. The van der Waals surface area contributed by atoms with Crippen LogP contribution in [0, 0.1) is 11.3 Å². The van der Waals surface area contributed by atoms with E-state index in [2.05, 4.69) is 0 Å². The van der Waals surface area contributed by atoms with E-state index >= 15 is 0 Å². The molecule has 0 aromatic heterocycles. The first kappa shape index (κ1) is 17.7. The molecule has 1 atom stereocenters. The maximum Gasteiger partial charge on any atom is 0.417 e. The zero-order valence-electron chi connectivity index (χ0n) is 12.2. The molecule has 1 aromatic rings. The summed E-state index contributed by atoms with van der Waals surface area (Å²) in [4.78, 5) is -0.468. The van der Waals surface area contributed by atoms with Crippen LogP contribution in [0.1, 0.15) is 30.4 Å². The number of alkyl halides is 3. The van der Waals surface area contributed by atoms with Crippen molar-refractivity contribution in [1.29, 1.82) is 5.26 Å². The third kappa shape index (κ3) is 3.49. The molecule has 1 fully saturated rings. The van der Waals surface area contributed by atoms with E-state index < -0.39 is 38.3 Å². The second-order valence-corrected chi connectivity index (χ2v) is 7.21. The molecule has 1 aliphatic rings. The van der Waals surface area contributed by atoms with Crippen LogP contribution in [0.2, 0.25) is 0 Å². The molecule has 0 spiro atoms. The van der Waals surface area contributed by atoms with Gasteiger partial charge in [0.15, 0.2) is 0 Å². The van der Waals surface area contributed by atoms with Crippen LogP contribution in [0.4, 0.5) is 13.2 Å². The highest BCUT2D eigenvalue weighted by Crippen LogP contribution is 2.34. The summed E-state index contributed by atoms with van der Waals surface area (Å²) in [7, 11) is -4.09. The summed E-state index contributed by atoms with van der Waals surface area (Å²) in [5, 5.41) is 8.78. The first-order valence-corrected chi connectivity index (χ1v) is 8.49. The molecule has 1 unspecified atom stereocenters. The molecular weight excluding hydrogens is 331 g/mol. The maximum absolute atomic E-state index is 13.0. The number of benzene rings is 1. The molecule has 0 saturated carbocycles. The van der Waals surface area contributed by atoms with Gasteiger partial charge in [-0.3, -0.25) is 0 Å². The second kappa shape index (κ2) is 6.47. The van der Waals surface area contributed by atoms with Gasteiger partial charge in [0.25, 0.3) is 0 Å². The van der Waals surface area contributed by atoms with Gasteiger partial charge in [0.2, 0.25) is 10.0 Å². The normalized spacial score (nSPS) is 20.2. The van der Waals surface area contributed by atoms with Crippen molar-refractivity contribution in [2.75, 3.05) is 13.1 Å². The average Bonchev–Trinajstić information content (AvgIpc) is 2.53.